The summed E-state index contributed by atoms with van der Waals surface area (Å²) in [6.07, 6.45) is -3.65. The van der Waals surface area contributed by atoms with Crippen molar-refractivity contribution >= 4 is 17.9 Å². The van der Waals surface area contributed by atoms with E-state index in [1.165, 1.54) is 26.4 Å². The summed E-state index contributed by atoms with van der Waals surface area (Å²) in [5, 5.41) is 22.0. The number of methoxy groups -OCH3 is 2. The monoisotopic (exact) mass is 740 g/mol. The van der Waals surface area contributed by atoms with E-state index in [4.69, 9.17) is 47.4 Å². The standard InChI is InChI=1S/C37H56O15/c1-17-10-13-27(39)47-21(5)24(16-45-34-32(44-9)31(43-8)28(40)22(6)48-34)30-26(50-30)12-11-25(38)18(2)14-19(3)29(17)51-35-33(41)37(15-20(4)46-35)23(7)49-36(42)52-37/h10-13,17-24,26,28-35,40-41H,14-16H2,1-9H3/b12-11+,13-10+/t17?,18-,19?,20?,21-,22-,23-,24?,26?,28?,29-,30?,31-,32?,33+,34-,35?,37+/m1/s1. The maximum Gasteiger partial charge on any atom is 0.509 e. The Morgan fingerprint density at radius 1 is 0.827 bits per heavy atom. The Kier molecular flexibility index (Phi) is 13.2. The zero-order valence-electron chi connectivity index (χ0n) is 31.4. The Labute approximate surface area is 305 Å². The van der Waals surface area contributed by atoms with E-state index >= 15 is 0 Å². The normalized spacial score (nSPS) is 48.7. The Hall–Kier alpha value is -2.47. The molecule has 0 amide bonds. The molecule has 15 nitrogen and oxygen atoms in total. The number of allylic oxidation sites excluding steroid dienone is 1. The molecule has 1 spiro atoms. The van der Waals surface area contributed by atoms with E-state index in [0.717, 1.165) is 0 Å². The van der Waals surface area contributed by atoms with Gasteiger partial charge in [-0.15, -0.1) is 0 Å². The summed E-state index contributed by atoms with van der Waals surface area (Å²) < 4.78 is 58.3. The summed E-state index contributed by atoms with van der Waals surface area (Å²) in [6, 6.07) is 0. The van der Waals surface area contributed by atoms with Crippen LogP contribution in [0.4, 0.5) is 4.79 Å². The number of rotatable bonds is 7. The molecule has 294 valence electrons. The van der Waals surface area contributed by atoms with Gasteiger partial charge < -0.3 is 57.6 Å². The lowest BCUT2D eigenvalue weighted by Crippen LogP contribution is -2.62. The predicted octanol–water partition coefficient (Wildman–Crippen LogP) is 2.62. The lowest BCUT2D eigenvalue weighted by atomic mass is 9.82. The van der Waals surface area contributed by atoms with E-state index in [1.807, 2.05) is 20.8 Å². The molecule has 0 aromatic carbocycles. The number of cyclic esters (lactones) is 2. The third kappa shape index (κ3) is 8.74. The second-order valence-corrected chi connectivity index (χ2v) is 15.0. The maximum atomic E-state index is 13.4. The van der Waals surface area contributed by atoms with E-state index < -0.39 is 115 Å². The smallest absolute Gasteiger partial charge is 0.459 e. The van der Waals surface area contributed by atoms with Crippen molar-refractivity contribution in [1.82, 2.24) is 0 Å². The van der Waals surface area contributed by atoms with Gasteiger partial charge in [-0.05, 0) is 52.2 Å². The number of epoxide rings is 1. The summed E-state index contributed by atoms with van der Waals surface area (Å²) in [4.78, 5) is 38.7. The van der Waals surface area contributed by atoms with Gasteiger partial charge in [0, 0.05) is 44.5 Å². The number of carbonyl (C=O) groups excluding carboxylic acids is 3. The molecule has 0 aromatic heterocycles. The zero-order chi connectivity index (χ0) is 38.1. The van der Waals surface area contributed by atoms with Crippen LogP contribution >= 0.6 is 0 Å². The first-order valence-electron chi connectivity index (χ1n) is 18.3. The molecule has 0 radical (unpaired) electrons. The Morgan fingerprint density at radius 3 is 2.19 bits per heavy atom. The first-order chi connectivity index (χ1) is 24.6. The number of hydrogen-bond donors (Lipinski definition) is 2. The van der Waals surface area contributed by atoms with E-state index in [2.05, 4.69) is 0 Å². The molecule has 18 atom stereocenters. The van der Waals surface area contributed by atoms with Crippen LogP contribution in [-0.2, 0) is 57.0 Å². The molecule has 4 fully saturated rings. The van der Waals surface area contributed by atoms with Gasteiger partial charge in [-0.2, -0.15) is 0 Å². The third-order valence-corrected chi connectivity index (χ3v) is 11.2. The molecule has 9 unspecified atom stereocenters. The third-order valence-electron chi connectivity index (χ3n) is 11.2. The molecule has 0 bridgehead atoms. The van der Waals surface area contributed by atoms with E-state index in [-0.39, 0.29) is 24.7 Å². The van der Waals surface area contributed by atoms with Crippen LogP contribution in [0.2, 0.25) is 0 Å². The summed E-state index contributed by atoms with van der Waals surface area (Å²) in [5.74, 6) is -2.20. The summed E-state index contributed by atoms with van der Waals surface area (Å²) in [6.45, 7) is 12.6. The van der Waals surface area contributed by atoms with Crippen molar-refractivity contribution in [2.75, 3.05) is 20.8 Å². The van der Waals surface area contributed by atoms with E-state index in [0.29, 0.717) is 6.42 Å². The lowest BCUT2D eigenvalue weighted by Gasteiger charge is -2.46. The average molecular weight is 741 g/mol. The lowest BCUT2D eigenvalue weighted by molar-refractivity contribution is -0.308. The molecule has 5 aliphatic heterocycles. The van der Waals surface area contributed by atoms with Crippen molar-refractivity contribution in [1.29, 1.82) is 0 Å². The summed E-state index contributed by atoms with van der Waals surface area (Å²) in [7, 11) is 2.96. The molecule has 5 aliphatic rings. The average Bonchev–Trinajstić information content (AvgIpc) is 3.79. The van der Waals surface area contributed by atoms with Gasteiger partial charge in [-0.25, -0.2) is 9.59 Å². The van der Waals surface area contributed by atoms with Crippen molar-refractivity contribution in [3.63, 3.8) is 0 Å². The van der Waals surface area contributed by atoms with Crippen LogP contribution in [-0.4, -0.2) is 134 Å². The molecule has 0 aromatic rings. The fraction of sp³-hybridized carbons (Fsp3) is 0.811. The molecule has 15 heteroatoms. The summed E-state index contributed by atoms with van der Waals surface area (Å²) >= 11 is 0. The van der Waals surface area contributed by atoms with Crippen molar-refractivity contribution in [3.8, 4) is 0 Å². The van der Waals surface area contributed by atoms with Crippen molar-refractivity contribution in [3.05, 3.63) is 24.3 Å². The number of hydrogen-bond acceptors (Lipinski definition) is 15. The molecule has 0 saturated carbocycles. The predicted molar refractivity (Wildman–Crippen MR) is 181 cm³/mol. The van der Waals surface area contributed by atoms with E-state index in [1.54, 1.807) is 39.8 Å². The van der Waals surface area contributed by atoms with Gasteiger partial charge in [0.05, 0.1) is 31.0 Å². The highest BCUT2D eigenvalue weighted by Gasteiger charge is 2.61. The minimum atomic E-state index is -1.36. The van der Waals surface area contributed by atoms with Crippen LogP contribution in [0.25, 0.3) is 0 Å². The Morgan fingerprint density at radius 2 is 1.54 bits per heavy atom. The minimum Gasteiger partial charge on any atom is -0.459 e. The first kappa shape index (κ1) is 40.7. The second-order valence-electron chi connectivity index (χ2n) is 15.0. The fourth-order valence-corrected chi connectivity index (χ4v) is 7.99. The number of aliphatic hydroxyl groups is 2. The summed E-state index contributed by atoms with van der Waals surface area (Å²) in [5.41, 5.74) is -1.35. The molecule has 2 N–H and O–H groups in total. The Bertz CT molecular complexity index is 1320. The molecule has 52 heavy (non-hydrogen) atoms. The number of aliphatic hydroxyl groups excluding tert-OH is 2. The van der Waals surface area contributed by atoms with Gasteiger partial charge in [0.2, 0.25) is 0 Å². The first-order valence-corrected chi connectivity index (χ1v) is 18.3. The van der Waals surface area contributed by atoms with Crippen LogP contribution < -0.4 is 0 Å². The molecule has 0 aliphatic carbocycles. The maximum absolute atomic E-state index is 13.4. The van der Waals surface area contributed by atoms with Gasteiger partial charge in [0.15, 0.2) is 24.0 Å². The zero-order valence-corrected chi connectivity index (χ0v) is 31.4. The molecule has 5 heterocycles. The topological polar surface area (TPSA) is 187 Å². The quantitative estimate of drug-likeness (QED) is 0.286. The van der Waals surface area contributed by atoms with Gasteiger partial charge in [0.25, 0.3) is 0 Å². The number of carbonyl (C=O) groups is 3. The van der Waals surface area contributed by atoms with Crippen LogP contribution in [0.3, 0.4) is 0 Å². The highest BCUT2D eigenvalue weighted by atomic mass is 16.8. The second kappa shape index (κ2) is 16.9. The van der Waals surface area contributed by atoms with Crippen molar-refractivity contribution < 1.29 is 72.0 Å². The van der Waals surface area contributed by atoms with Crippen molar-refractivity contribution in [2.45, 2.75) is 147 Å². The largest absolute Gasteiger partial charge is 0.509 e. The highest BCUT2D eigenvalue weighted by molar-refractivity contribution is 5.91. The van der Waals surface area contributed by atoms with Gasteiger partial charge in [0.1, 0.15) is 42.7 Å². The minimum absolute atomic E-state index is 0.0493. The van der Waals surface area contributed by atoms with Crippen LogP contribution in [0.5, 0.6) is 0 Å². The Balaban J connectivity index is 1.34. The molecule has 4 saturated heterocycles. The molecular formula is C37H56O15. The number of ketones is 1. The van der Waals surface area contributed by atoms with Gasteiger partial charge in [-0.3, -0.25) is 4.79 Å². The number of fused-ring (bicyclic) bond motifs is 1. The highest BCUT2D eigenvalue weighted by Crippen LogP contribution is 2.42. The van der Waals surface area contributed by atoms with Gasteiger partial charge >= 0.3 is 12.1 Å². The SMILES string of the molecule is COC1[C@H](OCC2C3OC3/C=C/C(=O)[C@H](C)CC(C)[C@H](OC3OC(C)C[C@@]4(OC(=O)O[C@@H]4C)[C@H]3O)C(C)/C=C/C(=O)O[C@@H]2C)O[C@H](C)C(O)[C@H]1OC. The number of ether oxygens (including phenoxy) is 10. The molecule has 5 rings (SSSR count). The number of esters is 1. The van der Waals surface area contributed by atoms with Crippen LogP contribution in [0.1, 0.15) is 61.3 Å². The fourth-order valence-electron chi connectivity index (χ4n) is 7.99. The van der Waals surface area contributed by atoms with Gasteiger partial charge in [-0.1, -0.05) is 26.8 Å². The van der Waals surface area contributed by atoms with E-state index in [9.17, 15) is 24.6 Å². The van der Waals surface area contributed by atoms with Crippen molar-refractivity contribution in [2.24, 2.45) is 23.7 Å². The van der Waals surface area contributed by atoms with Crippen LogP contribution in [0, 0.1) is 23.7 Å². The molecular weight excluding hydrogens is 684 g/mol. The van der Waals surface area contributed by atoms with Crippen LogP contribution in [0.15, 0.2) is 24.3 Å².